The molecule has 1 saturated heterocycles. The molecular formula is C16H26N4O. The van der Waals surface area contributed by atoms with E-state index in [2.05, 4.69) is 22.5 Å². The van der Waals surface area contributed by atoms with Crippen molar-refractivity contribution < 1.29 is 4.79 Å². The van der Waals surface area contributed by atoms with Crippen LogP contribution in [0.2, 0.25) is 0 Å². The summed E-state index contributed by atoms with van der Waals surface area (Å²) in [6.07, 6.45) is 4.80. The van der Waals surface area contributed by atoms with E-state index in [0.717, 1.165) is 24.3 Å². The minimum Gasteiger partial charge on any atom is -0.382 e. The van der Waals surface area contributed by atoms with Crippen molar-refractivity contribution in [2.24, 2.45) is 5.73 Å². The lowest BCUT2D eigenvalue weighted by Crippen LogP contribution is -2.27. The minimum atomic E-state index is -0.531. The smallest absolute Gasteiger partial charge is 0.316 e. The molecule has 116 valence electrons. The summed E-state index contributed by atoms with van der Waals surface area (Å²) in [5.74, 6) is 0. The van der Waals surface area contributed by atoms with Gasteiger partial charge in [-0.2, -0.15) is 0 Å². The molecule has 1 aromatic rings. The van der Waals surface area contributed by atoms with Crippen LogP contribution < -0.4 is 16.4 Å². The van der Waals surface area contributed by atoms with Gasteiger partial charge in [0.25, 0.3) is 0 Å². The molecule has 2 rings (SSSR count). The summed E-state index contributed by atoms with van der Waals surface area (Å²) in [7, 11) is 0. The zero-order chi connectivity index (χ0) is 15.1. The molecule has 0 saturated carbocycles. The van der Waals surface area contributed by atoms with E-state index in [-0.39, 0.29) is 0 Å². The number of carbonyl (C=O) groups is 1. The molecule has 0 aliphatic carbocycles. The minimum absolute atomic E-state index is 0.496. The fourth-order valence-corrected chi connectivity index (χ4v) is 2.90. The third-order valence-electron chi connectivity index (χ3n) is 3.86. The highest BCUT2D eigenvalue weighted by molar-refractivity contribution is 5.88. The van der Waals surface area contributed by atoms with E-state index < -0.39 is 6.03 Å². The lowest BCUT2D eigenvalue weighted by molar-refractivity contribution is 0.259. The number of amides is 2. The van der Waals surface area contributed by atoms with Gasteiger partial charge in [-0.1, -0.05) is 13.0 Å². The van der Waals surface area contributed by atoms with Crippen molar-refractivity contribution in [3.63, 3.8) is 0 Å². The normalized spacial score (nSPS) is 19.8. The number of rotatable bonds is 5. The Kier molecular flexibility index (Phi) is 5.87. The lowest BCUT2D eigenvalue weighted by atomic mass is 10.1. The average molecular weight is 290 g/mol. The molecule has 1 atom stereocenters. The summed E-state index contributed by atoms with van der Waals surface area (Å²) < 4.78 is 0. The van der Waals surface area contributed by atoms with Gasteiger partial charge in [0, 0.05) is 24.0 Å². The van der Waals surface area contributed by atoms with Crippen molar-refractivity contribution in [3.8, 4) is 0 Å². The van der Waals surface area contributed by atoms with Gasteiger partial charge in [-0.05, 0) is 57.0 Å². The molecule has 0 spiro atoms. The number of benzene rings is 1. The van der Waals surface area contributed by atoms with E-state index >= 15 is 0 Å². The van der Waals surface area contributed by atoms with Gasteiger partial charge in [0.05, 0.1) is 0 Å². The highest BCUT2D eigenvalue weighted by Crippen LogP contribution is 2.20. The Labute approximate surface area is 126 Å². The Bertz CT molecular complexity index is 463. The summed E-state index contributed by atoms with van der Waals surface area (Å²) in [5, 5.41) is 6.19. The first kappa shape index (κ1) is 15.6. The van der Waals surface area contributed by atoms with E-state index in [9.17, 15) is 4.79 Å². The fourth-order valence-electron chi connectivity index (χ4n) is 2.90. The third-order valence-corrected chi connectivity index (χ3v) is 3.86. The number of hydrogen-bond acceptors (Lipinski definition) is 3. The third kappa shape index (κ3) is 5.27. The van der Waals surface area contributed by atoms with Crippen molar-refractivity contribution in [1.82, 2.24) is 4.90 Å². The number of nitrogens with one attached hydrogen (secondary N) is 2. The number of likely N-dealkylation sites (tertiary alicyclic amines) is 1. The van der Waals surface area contributed by atoms with Gasteiger partial charge in [0.15, 0.2) is 0 Å². The molecule has 1 unspecified atom stereocenters. The predicted molar refractivity (Wildman–Crippen MR) is 87.6 cm³/mol. The number of urea groups is 1. The zero-order valence-corrected chi connectivity index (χ0v) is 12.8. The zero-order valence-electron chi connectivity index (χ0n) is 12.8. The Morgan fingerprint density at radius 2 is 2.14 bits per heavy atom. The molecule has 4 N–H and O–H groups in total. The molecule has 0 radical (unpaired) electrons. The van der Waals surface area contributed by atoms with Gasteiger partial charge in [0.2, 0.25) is 0 Å². The number of nitrogens with two attached hydrogens (primary N) is 1. The van der Waals surface area contributed by atoms with E-state index in [1.54, 1.807) is 0 Å². The average Bonchev–Trinajstić information content (AvgIpc) is 2.65. The van der Waals surface area contributed by atoms with Crippen molar-refractivity contribution in [3.05, 3.63) is 24.3 Å². The number of primary amides is 1. The lowest BCUT2D eigenvalue weighted by Gasteiger charge is -2.20. The maximum absolute atomic E-state index is 10.9. The molecule has 1 aliphatic rings. The van der Waals surface area contributed by atoms with E-state index in [1.165, 1.54) is 32.4 Å². The molecule has 1 aliphatic heterocycles. The predicted octanol–water partition coefficient (Wildman–Crippen LogP) is 2.85. The van der Waals surface area contributed by atoms with Crippen LogP contribution in [-0.4, -0.2) is 36.6 Å². The van der Waals surface area contributed by atoms with Gasteiger partial charge in [0.1, 0.15) is 0 Å². The molecule has 21 heavy (non-hydrogen) atoms. The van der Waals surface area contributed by atoms with Crippen LogP contribution in [-0.2, 0) is 0 Å². The van der Waals surface area contributed by atoms with Crippen molar-refractivity contribution in [2.75, 3.05) is 30.3 Å². The second-order valence-corrected chi connectivity index (χ2v) is 5.68. The van der Waals surface area contributed by atoms with Gasteiger partial charge in [-0.25, -0.2) is 4.79 Å². The molecule has 1 aromatic carbocycles. The molecule has 1 fully saturated rings. The molecule has 5 nitrogen and oxygen atoms in total. The van der Waals surface area contributed by atoms with Crippen LogP contribution in [0.1, 0.15) is 32.6 Å². The van der Waals surface area contributed by atoms with Crippen LogP contribution in [0.3, 0.4) is 0 Å². The molecule has 1 heterocycles. The number of anilines is 2. The van der Waals surface area contributed by atoms with Gasteiger partial charge in [-0.15, -0.1) is 0 Å². The topological polar surface area (TPSA) is 70.4 Å². The number of carbonyl (C=O) groups excluding carboxylic acids is 1. The van der Waals surface area contributed by atoms with Crippen LogP contribution in [0.25, 0.3) is 0 Å². The van der Waals surface area contributed by atoms with Gasteiger partial charge in [-0.3, -0.25) is 0 Å². The van der Waals surface area contributed by atoms with Crippen LogP contribution in [0, 0.1) is 0 Å². The Morgan fingerprint density at radius 3 is 2.90 bits per heavy atom. The maximum Gasteiger partial charge on any atom is 0.316 e. The van der Waals surface area contributed by atoms with E-state index in [1.807, 2.05) is 24.3 Å². The monoisotopic (exact) mass is 290 g/mol. The van der Waals surface area contributed by atoms with Crippen molar-refractivity contribution in [2.45, 2.75) is 38.6 Å². The van der Waals surface area contributed by atoms with Gasteiger partial charge < -0.3 is 21.3 Å². The molecule has 2 amide bonds. The highest BCUT2D eigenvalue weighted by Gasteiger charge is 2.16. The van der Waals surface area contributed by atoms with E-state index in [4.69, 9.17) is 5.73 Å². The number of nitrogens with zero attached hydrogens (tertiary/aromatic N) is 1. The number of hydrogen-bond donors (Lipinski definition) is 3. The fraction of sp³-hybridized carbons (Fsp3) is 0.562. The molecule has 5 heteroatoms. The molecule has 0 aromatic heterocycles. The van der Waals surface area contributed by atoms with Crippen molar-refractivity contribution in [1.29, 1.82) is 0 Å². The summed E-state index contributed by atoms with van der Waals surface area (Å²) in [5.41, 5.74) is 6.91. The Balaban J connectivity index is 1.90. The van der Waals surface area contributed by atoms with Crippen LogP contribution in [0.5, 0.6) is 0 Å². The largest absolute Gasteiger partial charge is 0.382 e. The Morgan fingerprint density at radius 1 is 1.33 bits per heavy atom. The van der Waals surface area contributed by atoms with Gasteiger partial charge >= 0.3 is 6.03 Å². The molecular weight excluding hydrogens is 264 g/mol. The summed E-state index contributed by atoms with van der Waals surface area (Å²) in [4.78, 5) is 13.4. The standard InChI is InChI=1S/C16H26N4O/c1-2-9-20-10-4-7-13(8-11-20)18-14-5-3-6-15(12-14)19-16(17)21/h3,5-6,12-13,18H,2,4,7-11H2,1H3,(H3,17,19,21). The second kappa shape index (κ2) is 7.88. The van der Waals surface area contributed by atoms with E-state index in [0.29, 0.717) is 6.04 Å². The SMILES string of the molecule is CCCN1CCCC(Nc2cccc(NC(N)=O)c2)CC1. The summed E-state index contributed by atoms with van der Waals surface area (Å²) in [6.45, 7) is 5.79. The van der Waals surface area contributed by atoms with Crippen molar-refractivity contribution >= 4 is 17.4 Å². The van der Waals surface area contributed by atoms with Crippen LogP contribution >= 0.6 is 0 Å². The highest BCUT2D eigenvalue weighted by atomic mass is 16.2. The first-order chi connectivity index (χ1) is 10.2. The second-order valence-electron chi connectivity index (χ2n) is 5.68. The first-order valence-corrected chi connectivity index (χ1v) is 7.83. The maximum atomic E-state index is 10.9. The summed E-state index contributed by atoms with van der Waals surface area (Å²) in [6, 6.07) is 7.69. The first-order valence-electron chi connectivity index (χ1n) is 7.83. The molecule has 0 bridgehead atoms. The quantitative estimate of drug-likeness (QED) is 0.781. The van der Waals surface area contributed by atoms with Crippen LogP contribution in [0.4, 0.5) is 16.2 Å². The Hall–Kier alpha value is -1.75. The van der Waals surface area contributed by atoms with Crippen LogP contribution in [0.15, 0.2) is 24.3 Å². The summed E-state index contributed by atoms with van der Waals surface area (Å²) >= 11 is 0.